The van der Waals surface area contributed by atoms with E-state index in [2.05, 4.69) is 5.32 Å². The van der Waals surface area contributed by atoms with Gasteiger partial charge in [0.25, 0.3) is 0 Å². The molecule has 0 aromatic heterocycles. The molecule has 4 nitrogen and oxygen atoms in total. The van der Waals surface area contributed by atoms with Crippen molar-refractivity contribution in [3.05, 3.63) is 76.9 Å². The normalized spacial score (nSPS) is 11.2. The number of alkyl carbamates (subject to hydrolysis) is 1. The predicted octanol–water partition coefficient (Wildman–Crippen LogP) is 4.52. The van der Waals surface area contributed by atoms with Crippen LogP contribution in [-0.2, 0) is 17.5 Å². The first-order chi connectivity index (χ1) is 12.4. The predicted molar refractivity (Wildman–Crippen MR) is 89.8 cm³/mol. The van der Waals surface area contributed by atoms with Gasteiger partial charge in [-0.2, -0.15) is 18.4 Å². The van der Waals surface area contributed by atoms with Crippen LogP contribution < -0.4 is 5.32 Å². The monoisotopic (exact) mass is 360 g/mol. The number of carbonyl (C=O) groups is 1. The van der Waals surface area contributed by atoms with Gasteiger partial charge in [0, 0.05) is 6.54 Å². The second-order valence-corrected chi connectivity index (χ2v) is 5.26. The van der Waals surface area contributed by atoms with Crippen LogP contribution in [0.5, 0.6) is 0 Å². The molecule has 0 aliphatic heterocycles. The molecular formula is C19H15F3N2O2. The summed E-state index contributed by atoms with van der Waals surface area (Å²) < 4.78 is 43.7. The Balaban J connectivity index is 1.86. The quantitative estimate of drug-likeness (QED) is 0.853. The van der Waals surface area contributed by atoms with Gasteiger partial charge in [-0.25, -0.2) is 4.79 Å². The van der Waals surface area contributed by atoms with Gasteiger partial charge in [0.1, 0.15) is 6.61 Å². The molecule has 0 saturated carbocycles. The highest BCUT2D eigenvalue weighted by molar-refractivity contribution is 5.67. The van der Waals surface area contributed by atoms with E-state index in [4.69, 9.17) is 10.00 Å². The summed E-state index contributed by atoms with van der Waals surface area (Å²) in [6.07, 6.45) is -2.32. The second kappa shape index (κ2) is 8.72. The van der Waals surface area contributed by atoms with Crippen molar-refractivity contribution in [1.82, 2.24) is 5.32 Å². The summed E-state index contributed by atoms with van der Waals surface area (Å²) in [4.78, 5) is 11.5. The first-order valence-corrected chi connectivity index (χ1v) is 7.62. The largest absolute Gasteiger partial charge is 0.445 e. The zero-order valence-electron chi connectivity index (χ0n) is 13.6. The molecule has 0 spiro atoms. The summed E-state index contributed by atoms with van der Waals surface area (Å²) >= 11 is 0. The van der Waals surface area contributed by atoms with Crippen molar-refractivity contribution in [3.8, 4) is 6.07 Å². The van der Waals surface area contributed by atoms with E-state index in [0.29, 0.717) is 0 Å². The van der Waals surface area contributed by atoms with Crippen LogP contribution in [0.3, 0.4) is 0 Å². The third-order valence-corrected chi connectivity index (χ3v) is 3.36. The lowest BCUT2D eigenvalue weighted by molar-refractivity contribution is -0.137. The number of nitrogens with zero attached hydrogens (tertiary/aromatic N) is 1. The highest BCUT2D eigenvalue weighted by Gasteiger charge is 2.33. The lowest BCUT2D eigenvalue weighted by atomic mass is 10.0. The van der Waals surface area contributed by atoms with Crippen molar-refractivity contribution in [2.75, 3.05) is 6.54 Å². The molecule has 0 fully saturated rings. The molecule has 26 heavy (non-hydrogen) atoms. The molecule has 1 N–H and O–H groups in total. The van der Waals surface area contributed by atoms with Gasteiger partial charge in [0.05, 0.1) is 17.2 Å². The average Bonchev–Trinajstić information content (AvgIpc) is 2.63. The Kier molecular flexibility index (Phi) is 6.39. The molecule has 0 bridgehead atoms. The first-order valence-electron chi connectivity index (χ1n) is 7.62. The fourth-order valence-electron chi connectivity index (χ4n) is 2.11. The molecule has 0 heterocycles. The Hall–Kier alpha value is -3.27. The molecule has 2 rings (SSSR count). The maximum absolute atomic E-state index is 12.9. The van der Waals surface area contributed by atoms with Crippen LogP contribution in [0.15, 0.2) is 54.6 Å². The maximum Gasteiger partial charge on any atom is 0.417 e. The van der Waals surface area contributed by atoms with E-state index in [1.807, 2.05) is 30.3 Å². The number of benzene rings is 2. The average molecular weight is 360 g/mol. The number of alkyl halides is 3. The van der Waals surface area contributed by atoms with Crippen LogP contribution in [0.2, 0.25) is 0 Å². The molecule has 2 aromatic carbocycles. The lowest BCUT2D eigenvalue weighted by Crippen LogP contribution is -2.24. The minimum absolute atomic E-state index is 0.0922. The molecule has 0 aliphatic rings. The van der Waals surface area contributed by atoms with E-state index in [1.165, 1.54) is 24.3 Å². The fraction of sp³-hybridized carbons (Fsp3) is 0.158. The topological polar surface area (TPSA) is 62.1 Å². The molecule has 0 unspecified atom stereocenters. The third-order valence-electron chi connectivity index (χ3n) is 3.36. The van der Waals surface area contributed by atoms with Gasteiger partial charge in [-0.05, 0) is 23.3 Å². The van der Waals surface area contributed by atoms with Crippen molar-refractivity contribution >= 4 is 12.2 Å². The van der Waals surface area contributed by atoms with Crippen LogP contribution in [0.4, 0.5) is 18.0 Å². The Morgan fingerprint density at radius 1 is 1.19 bits per heavy atom. The van der Waals surface area contributed by atoms with Gasteiger partial charge in [0.15, 0.2) is 0 Å². The smallest absolute Gasteiger partial charge is 0.417 e. The number of hydrogen-bond donors (Lipinski definition) is 1. The standard InChI is InChI=1S/C19H15F3N2O2/c20-19(21,22)17-11-14(8-9-16(17)12-23)7-4-10-24-18(25)26-13-15-5-2-1-3-6-15/h1-9,11H,10,13H2,(H,24,25). The molecule has 7 heteroatoms. The third kappa shape index (κ3) is 5.67. The van der Waals surface area contributed by atoms with E-state index >= 15 is 0 Å². The number of amides is 1. The molecule has 2 aromatic rings. The van der Waals surface area contributed by atoms with Gasteiger partial charge in [0.2, 0.25) is 0 Å². The number of halogens is 3. The van der Waals surface area contributed by atoms with Gasteiger partial charge < -0.3 is 10.1 Å². The molecule has 0 aliphatic carbocycles. The van der Waals surface area contributed by atoms with E-state index in [9.17, 15) is 18.0 Å². The number of hydrogen-bond acceptors (Lipinski definition) is 3. The lowest BCUT2D eigenvalue weighted by Gasteiger charge is -2.09. The maximum atomic E-state index is 12.9. The Morgan fingerprint density at radius 3 is 2.58 bits per heavy atom. The van der Waals surface area contributed by atoms with Crippen molar-refractivity contribution in [1.29, 1.82) is 5.26 Å². The van der Waals surface area contributed by atoms with Crippen LogP contribution in [0.25, 0.3) is 6.08 Å². The molecule has 0 saturated heterocycles. The van der Waals surface area contributed by atoms with Gasteiger partial charge in [-0.15, -0.1) is 0 Å². The summed E-state index contributed by atoms with van der Waals surface area (Å²) in [5.41, 5.74) is -0.305. The number of nitrogens with one attached hydrogen (secondary N) is 1. The number of ether oxygens (including phenoxy) is 1. The zero-order chi connectivity index (χ0) is 19.0. The fourth-order valence-corrected chi connectivity index (χ4v) is 2.11. The van der Waals surface area contributed by atoms with E-state index < -0.39 is 23.4 Å². The number of rotatable bonds is 5. The zero-order valence-corrected chi connectivity index (χ0v) is 13.6. The van der Waals surface area contributed by atoms with Crippen LogP contribution in [0.1, 0.15) is 22.3 Å². The van der Waals surface area contributed by atoms with Crippen molar-refractivity contribution in [2.24, 2.45) is 0 Å². The van der Waals surface area contributed by atoms with Crippen molar-refractivity contribution in [2.45, 2.75) is 12.8 Å². The highest BCUT2D eigenvalue weighted by atomic mass is 19.4. The van der Waals surface area contributed by atoms with Crippen molar-refractivity contribution < 1.29 is 22.7 Å². The van der Waals surface area contributed by atoms with Gasteiger partial charge in [-0.1, -0.05) is 48.6 Å². The number of carbonyl (C=O) groups excluding carboxylic acids is 1. The molecular weight excluding hydrogens is 345 g/mol. The van der Waals surface area contributed by atoms with Crippen LogP contribution >= 0.6 is 0 Å². The summed E-state index contributed by atoms with van der Waals surface area (Å²) in [5.74, 6) is 0. The summed E-state index contributed by atoms with van der Waals surface area (Å²) in [5, 5.41) is 11.2. The first kappa shape index (κ1) is 19.1. The SMILES string of the molecule is N#Cc1ccc(C=CCNC(=O)OCc2ccccc2)cc1C(F)(F)F. The molecule has 0 radical (unpaired) electrons. The Morgan fingerprint density at radius 2 is 1.92 bits per heavy atom. The van der Waals surface area contributed by atoms with E-state index in [-0.39, 0.29) is 18.7 Å². The summed E-state index contributed by atoms with van der Waals surface area (Å²) in [6, 6.07) is 14.1. The second-order valence-electron chi connectivity index (χ2n) is 5.26. The van der Waals surface area contributed by atoms with Crippen LogP contribution in [0, 0.1) is 11.3 Å². The molecule has 134 valence electrons. The number of nitriles is 1. The van der Waals surface area contributed by atoms with Gasteiger partial charge >= 0.3 is 12.3 Å². The molecule has 1 amide bonds. The Bertz CT molecular complexity index is 825. The minimum atomic E-state index is -4.60. The van der Waals surface area contributed by atoms with Gasteiger partial charge in [-0.3, -0.25) is 0 Å². The van der Waals surface area contributed by atoms with E-state index in [1.54, 1.807) is 0 Å². The van der Waals surface area contributed by atoms with Crippen molar-refractivity contribution in [3.63, 3.8) is 0 Å². The molecule has 0 atom stereocenters. The highest BCUT2D eigenvalue weighted by Crippen LogP contribution is 2.32. The van der Waals surface area contributed by atoms with E-state index in [0.717, 1.165) is 17.7 Å². The minimum Gasteiger partial charge on any atom is -0.445 e. The van der Waals surface area contributed by atoms with Crippen LogP contribution in [-0.4, -0.2) is 12.6 Å². The Labute approximate surface area is 148 Å². The summed E-state index contributed by atoms with van der Waals surface area (Å²) in [6.45, 7) is 0.218. The summed E-state index contributed by atoms with van der Waals surface area (Å²) in [7, 11) is 0.